The molecule has 10 nitrogen and oxygen atoms in total. The molecule has 1 aliphatic heterocycles. The van der Waals surface area contributed by atoms with Crippen LogP contribution in [0.1, 0.15) is 31.3 Å². The molecule has 0 radical (unpaired) electrons. The van der Waals surface area contributed by atoms with Gasteiger partial charge in [-0.15, -0.1) is 0 Å². The van der Waals surface area contributed by atoms with E-state index in [9.17, 15) is 9.36 Å². The molecule has 0 N–H and O–H groups in total. The molecule has 174 valence electrons. The van der Waals surface area contributed by atoms with E-state index in [1.54, 1.807) is 50.7 Å². The van der Waals surface area contributed by atoms with Gasteiger partial charge >= 0.3 is 37.2 Å². The molecule has 0 saturated carbocycles. The number of pyridine rings is 2. The quantitative estimate of drug-likeness (QED) is 0.364. The maximum absolute atomic E-state index is 11.3. The molecule has 0 bridgehead atoms. The van der Waals surface area contributed by atoms with Crippen LogP contribution in [0.5, 0.6) is 5.75 Å². The van der Waals surface area contributed by atoms with Crippen molar-refractivity contribution in [2.75, 3.05) is 26.0 Å². The maximum Gasteiger partial charge on any atom is 1.00 e. The summed E-state index contributed by atoms with van der Waals surface area (Å²) in [6, 6.07) is 11.0. The number of hydrogen-bond donors (Lipinski definition) is 0. The van der Waals surface area contributed by atoms with E-state index in [1.165, 1.54) is 0 Å². The first-order valence-electron chi connectivity index (χ1n) is 10.0. The van der Waals surface area contributed by atoms with E-state index in [0.29, 0.717) is 31.1 Å². The Bertz CT molecular complexity index is 1200. The summed E-state index contributed by atoms with van der Waals surface area (Å²) < 4.78 is 31.2. The van der Waals surface area contributed by atoms with E-state index >= 15 is 0 Å². The fourth-order valence-electron chi connectivity index (χ4n) is 2.66. The average Bonchev–Trinajstić information content (AvgIpc) is 3.40. The number of ether oxygens (including phenoxy) is 1. The van der Waals surface area contributed by atoms with Gasteiger partial charge in [0.25, 0.3) is 0 Å². The minimum atomic E-state index is -3.08. The molecule has 4 heterocycles. The van der Waals surface area contributed by atoms with Crippen LogP contribution in [0.2, 0.25) is 0 Å². The Balaban J connectivity index is 0.000000483. The third-order valence-electron chi connectivity index (χ3n) is 3.98. The minimum Gasteiger partial charge on any atom is -1.00 e. The van der Waals surface area contributed by atoms with Crippen LogP contribution in [0.15, 0.2) is 47.3 Å². The van der Waals surface area contributed by atoms with E-state index in [1.807, 2.05) is 12.1 Å². The molecule has 34 heavy (non-hydrogen) atoms. The summed E-state index contributed by atoms with van der Waals surface area (Å²) in [7, 11) is -3.08. The largest absolute Gasteiger partial charge is 1.00 e. The summed E-state index contributed by atoms with van der Waals surface area (Å²) in [5.41, 5.74) is 2.84. The van der Waals surface area contributed by atoms with E-state index in [0.717, 1.165) is 16.7 Å². The molecule has 0 amide bonds. The number of rotatable bonds is 6. The van der Waals surface area contributed by atoms with Crippen LogP contribution >= 0.6 is 7.60 Å². The van der Waals surface area contributed by atoms with Gasteiger partial charge in [-0.25, -0.2) is 4.98 Å². The van der Waals surface area contributed by atoms with E-state index in [-0.39, 0.29) is 49.5 Å². The van der Waals surface area contributed by atoms with Gasteiger partial charge in [-0.3, -0.25) is 14.3 Å². The number of carbonyl (C=O) groups is 1. The number of carbonyl (C=O) groups excluding carboxylic acids is 1. The number of fused-ring (bicyclic) bond motifs is 2. The first-order chi connectivity index (χ1) is 16.0. The molecule has 4 rings (SSSR count). The van der Waals surface area contributed by atoms with Crippen molar-refractivity contribution in [3.05, 3.63) is 54.2 Å². The Hall–Kier alpha value is -2.56. The second-order valence-corrected chi connectivity index (χ2v) is 8.33. The summed E-state index contributed by atoms with van der Waals surface area (Å²) in [5, 5.41) is 16.8. The Morgan fingerprint density at radius 2 is 1.79 bits per heavy atom. The van der Waals surface area contributed by atoms with Crippen LogP contribution in [0.3, 0.4) is 0 Å². The number of furan rings is 1. The second-order valence-electron chi connectivity index (χ2n) is 6.27. The van der Waals surface area contributed by atoms with Gasteiger partial charge in [0.2, 0.25) is 5.78 Å². The summed E-state index contributed by atoms with van der Waals surface area (Å²) in [6.07, 6.45) is 5.05. The average molecular weight is 494 g/mol. The fourth-order valence-corrected chi connectivity index (χ4v) is 3.88. The van der Waals surface area contributed by atoms with Crippen LogP contribution in [-0.4, -0.2) is 41.7 Å². The van der Waals surface area contributed by atoms with Gasteiger partial charge in [0.1, 0.15) is 17.4 Å². The third kappa shape index (κ3) is 8.66. The number of hydrogen-bond acceptors (Lipinski definition) is 10. The second kappa shape index (κ2) is 15.4. The molecule has 0 aromatic carbocycles. The van der Waals surface area contributed by atoms with Gasteiger partial charge < -0.3 is 19.6 Å². The van der Waals surface area contributed by atoms with Gasteiger partial charge in [-0.2, -0.15) is 10.5 Å². The molecule has 0 unspecified atom stereocenters. The topological polar surface area (TPSA) is 148 Å². The number of aromatic nitrogens is 2. The van der Waals surface area contributed by atoms with Crippen LogP contribution in [0, 0.1) is 22.7 Å². The molecular formula is C22H24N4NaO6P. The van der Waals surface area contributed by atoms with Gasteiger partial charge in [-0.05, 0) is 38.1 Å². The first-order valence-corrected chi connectivity index (χ1v) is 11.7. The summed E-state index contributed by atoms with van der Waals surface area (Å²) in [5.74, 6) is 0.572. The predicted molar refractivity (Wildman–Crippen MR) is 120 cm³/mol. The Morgan fingerprint density at radius 1 is 1.12 bits per heavy atom. The van der Waals surface area contributed by atoms with Crippen molar-refractivity contribution in [2.45, 2.75) is 20.3 Å². The monoisotopic (exact) mass is 494 g/mol. The molecule has 0 spiro atoms. The number of ketones is 1. The molecule has 3 aromatic heterocycles. The zero-order valence-electron chi connectivity index (χ0n) is 20.3. The summed E-state index contributed by atoms with van der Waals surface area (Å²) in [4.78, 5) is 18.9. The molecule has 0 fully saturated rings. The first kappa shape index (κ1) is 29.5. The van der Waals surface area contributed by atoms with Gasteiger partial charge in [0.15, 0.2) is 17.9 Å². The standard InChI is InChI=1S/C9H6N2O.C7H5NO2.C6H12NO3P.Na.H/c10-4-3-7-6-12-8-2-1-5-11-9(7)8;9-5-4-10-6-2-1-3-8-7(5)6;1-3-9-11(8,6-5-7)10-4-2;;/h1-2,5-6H,3H2;1-3H,4H2;3-4,6H2,1-2H3;;/q;;;+1;-1. The zero-order chi connectivity index (χ0) is 24.1. The van der Waals surface area contributed by atoms with Crippen molar-refractivity contribution in [1.82, 2.24) is 9.97 Å². The SMILES string of the molecule is CCOP(=O)(CC#N)OCC.N#CCc1coc2cccnc12.O=C1COc2cccnc21.[H-].[Na+]. The third-order valence-corrected chi connectivity index (χ3v) is 5.81. The van der Waals surface area contributed by atoms with Crippen LogP contribution < -0.4 is 34.3 Å². The fraction of sp³-hybridized carbons (Fsp3) is 0.318. The zero-order valence-corrected chi connectivity index (χ0v) is 22.2. The summed E-state index contributed by atoms with van der Waals surface area (Å²) in [6.45, 7) is 4.18. The van der Waals surface area contributed by atoms with Crippen molar-refractivity contribution in [1.29, 1.82) is 10.5 Å². The number of Topliss-reactive ketones (excluding diaryl/α,β-unsaturated/α-hetero) is 1. The van der Waals surface area contributed by atoms with Crippen molar-refractivity contribution in [3.63, 3.8) is 0 Å². The predicted octanol–water partition coefficient (Wildman–Crippen LogP) is 1.44. The van der Waals surface area contributed by atoms with E-state index in [4.69, 9.17) is 28.7 Å². The Morgan fingerprint density at radius 3 is 2.41 bits per heavy atom. The van der Waals surface area contributed by atoms with E-state index < -0.39 is 7.60 Å². The Kier molecular flexibility index (Phi) is 13.3. The van der Waals surface area contributed by atoms with Gasteiger partial charge in [-0.1, -0.05) is 0 Å². The van der Waals surface area contributed by atoms with Crippen molar-refractivity contribution < 1.29 is 58.5 Å². The minimum absolute atomic E-state index is 0. The summed E-state index contributed by atoms with van der Waals surface area (Å²) >= 11 is 0. The molecule has 0 atom stereocenters. The van der Waals surface area contributed by atoms with Crippen molar-refractivity contribution in [2.24, 2.45) is 0 Å². The molecular weight excluding hydrogens is 470 g/mol. The van der Waals surface area contributed by atoms with Gasteiger partial charge in [0, 0.05) is 18.0 Å². The molecule has 3 aromatic rings. The maximum atomic E-state index is 11.3. The Labute approximate surface area is 221 Å². The normalized spacial score (nSPS) is 11.4. The van der Waals surface area contributed by atoms with Crippen molar-refractivity contribution in [3.8, 4) is 17.9 Å². The smallest absolute Gasteiger partial charge is 1.00 e. The number of nitriles is 2. The van der Waals surface area contributed by atoms with Crippen LogP contribution in [-0.2, 0) is 20.0 Å². The molecule has 1 aliphatic rings. The van der Waals surface area contributed by atoms with Crippen LogP contribution in [0.25, 0.3) is 11.1 Å². The number of nitrogens with zero attached hydrogens (tertiary/aromatic N) is 4. The van der Waals surface area contributed by atoms with Crippen LogP contribution in [0.4, 0.5) is 0 Å². The molecule has 0 aliphatic carbocycles. The van der Waals surface area contributed by atoms with Crippen molar-refractivity contribution >= 4 is 24.5 Å². The molecule has 12 heteroatoms. The van der Waals surface area contributed by atoms with Gasteiger partial charge in [0.05, 0.1) is 38.0 Å². The van der Waals surface area contributed by atoms with E-state index in [2.05, 4.69) is 16.0 Å². The molecule has 0 saturated heterocycles.